The van der Waals surface area contributed by atoms with Gasteiger partial charge in [-0.3, -0.25) is 0 Å². The number of H-pyrrole nitrogens is 1. The summed E-state index contributed by atoms with van der Waals surface area (Å²) < 4.78 is 0. The zero-order chi connectivity index (χ0) is 21.4. The van der Waals surface area contributed by atoms with E-state index in [4.69, 9.17) is 0 Å². The van der Waals surface area contributed by atoms with E-state index in [-0.39, 0.29) is 28.9 Å². The van der Waals surface area contributed by atoms with Crippen molar-refractivity contribution in [3.05, 3.63) is 35.5 Å². The SMILES string of the molecule is CC1(C)CC(NC(=O)NC2CCc3c([nH]c4ccccc34)C2)CC(C)(CN=C=O)C1. The fourth-order valence-corrected chi connectivity index (χ4v) is 6.00. The number of aromatic amines is 1. The number of amides is 2. The number of aliphatic imine (C=N–C) groups is 1. The van der Waals surface area contributed by atoms with Gasteiger partial charge in [0.15, 0.2) is 0 Å². The Morgan fingerprint density at radius 3 is 2.77 bits per heavy atom. The number of nitrogens with one attached hydrogen (secondary N) is 3. The third kappa shape index (κ3) is 4.44. The quantitative estimate of drug-likeness (QED) is 0.522. The average molecular weight is 409 g/mol. The largest absolute Gasteiger partial charge is 0.358 e. The lowest BCUT2D eigenvalue weighted by Crippen LogP contribution is -2.52. The van der Waals surface area contributed by atoms with Gasteiger partial charge in [-0.2, -0.15) is 0 Å². The molecule has 30 heavy (non-hydrogen) atoms. The van der Waals surface area contributed by atoms with E-state index in [1.165, 1.54) is 22.2 Å². The summed E-state index contributed by atoms with van der Waals surface area (Å²) in [6.07, 6.45) is 7.16. The molecule has 0 spiro atoms. The van der Waals surface area contributed by atoms with Crippen molar-refractivity contribution in [2.45, 2.75) is 71.4 Å². The first-order valence-corrected chi connectivity index (χ1v) is 11.0. The Hall–Kier alpha value is -2.59. The van der Waals surface area contributed by atoms with Gasteiger partial charge in [0, 0.05) is 35.1 Å². The molecule has 1 heterocycles. The van der Waals surface area contributed by atoms with Crippen molar-refractivity contribution >= 4 is 23.0 Å². The Balaban J connectivity index is 1.38. The number of urea groups is 1. The van der Waals surface area contributed by atoms with E-state index in [0.717, 1.165) is 38.5 Å². The molecule has 3 N–H and O–H groups in total. The molecule has 2 aliphatic carbocycles. The zero-order valence-electron chi connectivity index (χ0n) is 18.2. The maximum absolute atomic E-state index is 12.8. The fraction of sp³-hybridized carbons (Fsp3) is 0.583. The van der Waals surface area contributed by atoms with Crippen LogP contribution in [0.25, 0.3) is 10.9 Å². The Labute approximate surface area is 177 Å². The molecule has 6 nitrogen and oxygen atoms in total. The fourth-order valence-electron chi connectivity index (χ4n) is 6.00. The molecule has 2 aliphatic rings. The molecule has 1 saturated carbocycles. The second kappa shape index (κ2) is 7.92. The Bertz CT molecular complexity index is 988. The van der Waals surface area contributed by atoms with Crippen molar-refractivity contribution < 1.29 is 9.59 Å². The molecule has 3 atom stereocenters. The van der Waals surface area contributed by atoms with Crippen LogP contribution in [0.15, 0.2) is 29.3 Å². The lowest BCUT2D eigenvalue weighted by molar-refractivity contribution is 0.0805. The van der Waals surface area contributed by atoms with Crippen LogP contribution in [0, 0.1) is 10.8 Å². The van der Waals surface area contributed by atoms with Gasteiger partial charge in [-0.05, 0) is 54.6 Å². The highest BCUT2D eigenvalue weighted by Crippen LogP contribution is 2.46. The van der Waals surface area contributed by atoms with Crippen LogP contribution >= 0.6 is 0 Å². The lowest BCUT2D eigenvalue weighted by atomic mass is 9.62. The van der Waals surface area contributed by atoms with Crippen LogP contribution in [0.1, 0.15) is 57.7 Å². The van der Waals surface area contributed by atoms with Gasteiger partial charge in [-0.15, -0.1) is 0 Å². The average Bonchev–Trinajstić information content (AvgIpc) is 3.02. The molecule has 6 heteroatoms. The summed E-state index contributed by atoms with van der Waals surface area (Å²) in [5.41, 5.74) is 3.80. The number of fused-ring (bicyclic) bond motifs is 3. The first kappa shape index (κ1) is 20.7. The summed E-state index contributed by atoms with van der Waals surface area (Å²) in [5.74, 6) is 0. The van der Waals surface area contributed by atoms with E-state index in [1.807, 2.05) is 6.07 Å². The van der Waals surface area contributed by atoms with E-state index in [1.54, 1.807) is 6.08 Å². The summed E-state index contributed by atoms with van der Waals surface area (Å²) in [5, 5.41) is 7.70. The monoisotopic (exact) mass is 408 g/mol. The summed E-state index contributed by atoms with van der Waals surface area (Å²) in [6, 6.07) is 8.52. The summed E-state index contributed by atoms with van der Waals surface area (Å²) >= 11 is 0. The second-order valence-electron chi connectivity index (χ2n) is 10.3. The highest BCUT2D eigenvalue weighted by atomic mass is 16.2. The number of para-hydroxylation sites is 1. The zero-order valence-corrected chi connectivity index (χ0v) is 18.2. The summed E-state index contributed by atoms with van der Waals surface area (Å²) in [6.45, 7) is 7.06. The van der Waals surface area contributed by atoms with Gasteiger partial charge < -0.3 is 15.6 Å². The van der Waals surface area contributed by atoms with E-state index < -0.39 is 0 Å². The molecule has 2 amide bonds. The number of isocyanates is 1. The summed E-state index contributed by atoms with van der Waals surface area (Å²) in [4.78, 5) is 30.8. The molecule has 1 aromatic heterocycles. The molecule has 0 saturated heterocycles. The predicted octanol–water partition coefficient (Wildman–Crippen LogP) is 4.25. The smallest absolute Gasteiger partial charge is 0.315 e. The van der Waals surface area contributed by atoms with Gasteiger partial charge >= 0.3 is 6.03 Å². The number of carbonyl (C=O) groups is 1. The third-order valence-electron chi connectivity index (χ3n) is 6.73. The van der Waals surface area contributed by atoms with Gasteiger partial charge in [0.2, 0.25) is 6.08 Å². The van der Waals surface area contributed by atoms with Crippen molar-refractivity contribution in [2.75, 3.05) is 6.54 Å². The minimum absolute atomic E-state index is 0.0767. The Kier molecular flexibility index (Phi) is 5.46. The number of hydrogen-bond acceptors (Lipinski definition) is 3. The van der Waals surface area contributed by atoms with Gasteiger partial charge in [-0.25, -0.2) is 14.6 Å². The van der Waals surface area contributed by atoms with Crippen molar-refractivity contribution in [3.8, 4) is 0 Å². The van der Waals surface area contributed by atoms with Crippen molar-refractivity contribution in [3.63, 3.8) is 0 Å². The van der Waals surface area contributed by atoms with Crippen molar-refractivity contribution in [1.82, 2.24) is 15.6 Å². The molecule has 3 unspecified atom stereocenters. The molecule has 1 aromatic carbocycles. The van der Waals surface area contributed by atoms with E-state index in [2.05, 4.69) is 59.6 Å². The topological polar surface area (TPSA) is 86.3 Å². The molecule has 160 valence electrons. The minimum Gasteiger partial charge on any atom is -0.358 e. The number of nitrogens with zero attached hydrogens (tertiary/aromatic N) is 1. The molecular weight excluding hydrogens is 376 g/mol. The second-order valence-corrected chi connectivity index (χ2v) is 10.3. The number of benzene rings is 1. The number of carbonyl (C=O) groups excluding carboxylic acids is 2. The summed E-state index contributed by atoms with van der Waals surface area (Å²) in [7, 11) is 0. The molecule has 2 aromatic rings. The van der Waals surface area contributed by atoms with Crippen LogP contribution in [0.2, 0.25) is 0 Å². The van der Waals surface area contributed by atoms with Crippen LogP contribution in [-0.2, 0) is 17.6 Å². The Morgan fingerprint density at radius 2 is 1.97 bits per heavy atom. The molecular formula is C24H32N4O2. The maximum Gasteiger partial charge on any atom is 0.315 e. The van der Waals surface area contributed by atoms with Crippen molar-refractivity contribution in [2.24, 2.45) is 15.8 Å². The van der Waals surface area contributed by atoms with Crippen LogP contribution in [0.3, 0.4) is 0 Å². The van der Waals surface area contributed by atoms with E-state index in [9.17, 15) is 9.59 Å². The number of aromatic nitrogens is 1. The lowest BCUT2D eigenvalue weighted by Gasteiger charge is -2.46. The molecule has 1 fully saturated rings. The first-order chi connectivity index (χ1) is 14.3. The molecule has 0 aliphatic heterocycles. The van der Waals surface area contributed by atoms with Crippen molar-refractivity contribution in [1.29, 1.82) is 0 Å². The number of aryl methyl sites for hydroxylation is 1. The van der Waals surface area contributed by atoms with Gasteiger partial charge in [0.1, 0.15) is 0 Å². The van der Waals surface area contributed by atoms with Gasteiger partial charge in [0.25, 0.3) is 0 Å². The normalized spacial score (nSPS) is 27.7. The Morgan fingerprint density at radius 1 is 1.20 bits per heavy atom. The molecule has 0 bridgehead atoms. The van der Waals surface area contributed by atoms with Crippen LogP contribution in [0.5, 0.6) is 0 Å². The van der Waals surface area contributed by atoms with Crippen LogP contribution in [-0.4, -0.2) is 35.7 Å². The molecule has 4 rings (SSSR count). The van der Waals surface area contributed by atoms with E-state index in [0.29, 0.717) is 6.54 Å². The minimum atomic E-state index is -0.0960. The van der Waals surface area contributed by atoms with Gasteiger partial charge in [-0.1, -0.05) is 39.0 Å². The third-order valence-corrected chi connectivity index (χ3v) is 6.73. The number of hydrogen-bond donors (Lipinski definition) is 3. The maximum atomic E-state index is 12.8. The molecule has 0 radical (unpaired) electrons. The first-order valence-electron chi connectivity index (χ1n) is 11.0. The highest BCUT2D eigenvalue weighted by molar-refractivity contribution is 5.85. The van der Waals surface area contributed by atoms with Crippen LogP contribution < -0.4 is 10.6 Å². The number of rotatable bonds is 4. The van der Waals surface area contributed by atoms with Gasteiger partial charge in [0.05, 0.1) is 6.54 Å². The highest BCUT2D eigenvalue weighted by Gasteiger charge is 2.41. The standard InChI is InChI=1S/C24H32N4O2/c1-23(2)11-17(12-24(3,13-23)14-25-15-29)27-22(30)26-16-8-9-19-18-6-4-5-7-20(18)28-21(19)10-16/h4-7,16-17,28H,8-14H2,1-3H3,(H2,26,27,30). The predicted molar refractivity (Wildman–Crippen MR) is 118 cm³/mol. The van der Waals surface area contributed by atoms with Crippen LogP contribution in [0.4, 0.5) is 4.79 Å². The van der Waals surface area contributed by atoms with E-state index >= 15 is 0 Å².